The Morgan fingerprint density at radius 1 is 1.14 bits per heavy atom. The van der Waals surface area contributed by atoms with Gasteiger partial charge in [0.1, 0.15) is 0 Å². The second kappa shape index (κ2) is 5.77. The summed E-state index contributed by atoms with van der Waals surface area (Å²) < 4.78 is 22.9. The molecule has 0 atom stereocenters. The van der Waals surface area contributed by atoms with Crippen LogP contribution in [-0.4, -0.2) is 20.6 Å². The number of hydrogen-bond donors (Lipinski definition) is 1. The lowest BCUT2D eigenvalue weighted by atomic mass is 10.2. The number of nitrogens with one attached hydrogen (secondary N) is 1. The summed E-state index contributed by atoms with van der Waals surface area (Å²) in [6.45, 7) is 0. The van der Waals surface area contributed by atoms with Crippen LogP contribution in [0.4, 0.5) is 5.69 Å². The molecule has 0 aliphatic carbocycles. The Hall–Kier alpha value is -2.65. The molecule has 106 valence electrons. The van der Waals surface area contributed by atoms with Gasteiger partial charge in [-0.15, -0.1) is 0 Å². The molecule has 0 fully saturated rings. The molecule has 0 saturated heterocycles. The molecule has 2 aromatic carbocycles. The first-order chi connectivity index (χ1) is 9.90. The minimum absolute atomic E-state index is 0.0926. The zero-order valence-corrected chi connectivity index (χ0v) is 12.0. The van der Waals surface area contributed by atoms with E-state index in [1.165, 1.54) is 24.3 Å². The minimum atomic E-state index is -3.36. The van der Waals surface area contributed by atoms with Crippen molar-refractivity contribution in [3.63, 3.8) is 0 Å². The monoisotopic (exact) mass is 300 g/mol. The van der Waals surface area contributed by atoms with E-state index in [0.29, 0.717) is 11.3 Å². The van der Waals surface area contributed by atoms with Crippen LogP contribution in [0.2, 0.25) is 0 Å². The number of rotatable bonds is 3. The van der Waals surface area contributed by atoms with Crippen LogP contribution in [0.15, 0.2) is 53.4 Å². The molecule has 0 unspecified atom stereocenters. The number of nitrogens with zero attached hydrogens (tertiary/aromatic N) is 1. The van der Waals surface area contributed by atoms with Crippen molar-refractivity contribution < 1.29 is 13.2 Å². The topological polar surface area (TPSA) is 87.0 Å². The lowest BCUT2D eigenvalue weighted by molar-refractivity contribution is 0.102. The third-order valence-electron chi connectivity index (χ3n) is 2.80. The normalized spacial score (nSPS) is 10.7. The minimum Gasteiger partial charge on any atom is -0.322 e. The van der Waals surface area contributed by atoms with E-state index in [0.717, 1.165) is 6.26 Å². The predicted molar refractivity (Wildman–Crippen MR) is 78.7 cm³/mol. The van der Waals surface area contributed by atoms with Gasteiger partial charge in [0.2, 0.25) is 0 Å². The Morgan fingerprint density at radius 2 is 1.81 bits per heavy atom. The van der Waals surface area contributed by atoms with Crippen LogP contribution < -0.4 is 5.32 Å². The van der Waals surface area contributed by atoms with Gasteiger partial charge in [-0.1, -0.05) is 6.07 Å². The fraction of sp³-hybridized carbons (Fsp3) is 0.0667. The quantitative estimate of drug-likeness (QED) is 0.941. The Labute approximate surface area is 122 Å². The van der Waals surface area contributed by atoms with Gasteiger partial charge in [-0.3, -0.25) is 4.79 Å². The first-order valence-corrected chi connectivity index (χ1v) is 7.91. The molecule has 0 aromatic heterocycles. The van der Waals surface area contributed by atoms with E-state index >= 15 is 0 Å². The van der Waals surface area contributed by atoms with Crippen molar-refractivity contribution in [2.24, 2.45) is 0 Å². The summed E-state index contributed by atoms with van der Waals surface area (Å²) >= 11 is 0. The molecule has 21 heavy (non-hydrogen) atoms. The molecule has 0 saturated carbocycles. The summed E-state index contributed by atoms with van der Waals surface area (Å²) in [7, 11) is -3.36. The second-order valence-electron chi connectivity index (χ2n) is 4.44. The summed E-state index contributed by atoms with van der Waals surface area (Å²) in [5.74, 6) is -0.412. The van der Waals surface area contributed by atoms with Crippen molar-refractivity contribution in [2.45, 2.75) is 4.90 Å². The van der Waals surface area contributed by atoms with E-state index < -0.39 is 15.7 Å². The van der Waals surface area contributed by atoms with Crippen LogP contribution in [0.1, 0.15) is 15.9 Å². The van der Waals surface area contributed by atoms with Gasteiger partial charge in [0, 0.05) is 17.5 Å². The lowest BCUT2D eigenvalue weighted by Gasteiger charge is -2.06. The van der Waals surface area contributed by atoms with Gasteiger partial charge < -0.3 is 5.32 Å². The lowest BCUT2D eigenvalue weighted by Crippen LogP contribution is -2.12. The SMILES string of the molecule is CS(=O)(=O)c1cccc(C(=O)Nc2ccc(C#N)cc2)c1. The standard InChI is InChI=1S/C15H12N2O3S/c1-21(19,20)14-4-2-3-12(9-14)15(18)17-13-7-5-11(10-16)6-8-13/h2-9H,1H3,(H,17,18). The fourth-order valence-electron chi connectivity index (χ4n) is 1.70. The van der Waals surface area contributed by atoms with Crippen LogP contribution in [0, 0.1) is 11.3 Å². The molecule has 2 rings (SSSR count). The number of nitriles is 1. The molecule has 0 radical (unpaired) electrons. The summed E-state index contributed by atoms with van der Waals surface area (Å²) in [6, 6.07) is 14.2. The molecule has 6 heteroatoms. The number of hydrogen-bond acceptors (Lipinski definition) is 4. The van der Waals surface area contributed by atoms with Gasteiger partial charge in [-0.05, 0) is 42.5 Å². The van der Waals surface area contributed by atoms with Gasteiger partial charge in [0.05, 0.1) is 16.5 Å². The highest BCUT2D eigenvalue weighted by atomic mass is 32.2. The molecule has 1 N–H and O–H groups in total. The van der Waals surface area contributed by atoms with Crippen LogP contribution in [-0.2, 0) is 9.84 Å². The van der Waals surface area contributed by atoms with Crippen molar-refractivity contribution in [3.8, 4) is 6.07 Å². The molecule has 1 amide bonds. The Balaban J connectivity index is 2.22. The second-order valence-corrected chi connectivity index (χ2v) is 6.46. The third-order valence-corrected chi connectivity index (χ3v) is 3.91. The highest BCUT2D eigenvalue weighted by Crippen LogP contribution is 2.14. The van der Waals surface area contributed by atoms with E-state index in [-0.39, 0.29) is 10.5 Å². The van der Waals surface area contributed by atoms with E-state index in [4.69, 9.17) is 5.26 Å². The van der Waals surface area contributed by atoms with Crippen molar-refractivity contribution in [3.05, 3.63) is 59.7 Å². The van der Waals surface area contributed by atoms with Gasteiger partial charge in [0.25, 0.3) is 5.91 Å². The van der Waals surface area contributed by atoms with Gasteiger partial charge in [-0.2, -0.15) is 5.26 Å². The van der Waals surface area contributed by atoms with Crippen molar-refractivity contribution in [1.29, 1.82) is 5.26 Å². The first-order valence-electron chi connectivity index (χ1n) is 6.02. The van der Waals surface area contributed by atoms with Crippen LogP contribution in [0.5, 0.6) is 0 Å². The van der Waals surface area contributed by atoms with Crippen LogP contribution >= 0.6 is 0 Å². The molecule has 0 aliphatic rings. The molecule has 0 bridgehead atoms. The molecular weight excluding hydrogens is 288 g/mol. The maximum absolute atomic E-state index is 12.1. The van der Waals surface area contributed by atoms with Crippen molar-refractivity contribution in [1.82, 2.24) is 0 Å². The number of amides is 1. The Bertz CT molecular complexity index is 819. The zero-order valence-electron chi connectivity index (χ0n) is 11.2. The Kier molecular flexibility index (Phi) is 4.05. The average Bonchev–Trinajstić information content (AvgIpc) is 2.47. The first kappa shape index (κ1) is 14.8. The van der Waals surface area contributed by atoms with E-state index in [9.17, 15) is 13.2 Å². The van der Waals surface area contributed by atoms with Crippen molar-refractivity contribution >= 4 is 21.4 Å². The molecular formula is C15H12N2O3S. The summed E-state index contributed by atoms with van der Waals surface area (Å²) in [6.07, 6.45) is 1.09. The van der Waals surface area contributed by atoms with E-state index in [1.54, 1.807) is 24.3 Å². The molecule has 0 aliphatic heterocycles. The number of anilines is 1. The molecule has 2 aromatic rings. The number of carbonyl (C=O) groups excluding carboxylic acids is 1. The van der Waals surface area contributed by atoms with Crippen LogP contribution in [0.25, 0.3) is 0 Å². The number of benzene rings is 2. The van der Waals surface area contributed by atoms with Crippen molar-refractivity contribution in [2.75, 3.05) is 11.6 Å². The van der Waals surface area contributed by atoms with Gasteiger partial charge in [0.15, 0.2) is 9.84 Å². The smallest absolute Gasteiger partial charge is 0.255 e. The number of carbonyl (C=O) groups is 1. The Morgan fingerprint density at radius 3 is 2.38 bits per heavy atom. The average molecular weight is 300 g/mol. The maximum Gasteiger partial charge on any atom is 0.255 e. The van der Waals surface area contributed by atoms with E-state index in [1.807, 2.05) is 6.07 Å². The molecule has 0 spiro atoms. The summed E-state index contributed by atoms with van der Waals surface area (Å²) in [4.78, 5) is 12.2. The zero-order chi connectivity index (χ0) is 15.5. The van der Waals surface area contributed by atoms with Gasteiger partial charge >= 0.3 is 0 Å². The molecule has 5 nitrogen and oxygen atoms in total. The predicted octanol–water partition coefficient (Wildman–Crippen LogP) is 2.21. The van der Waals surface area contributed by atoms with Gasteiger partial charge in [-0.25, -0.2) is 8.42 Å². The summed E-state index contributed by atoms with van der Waals surface area (Å²) in [5.41, 5.74) is 1.28. The summed E-state index contributed by atoms with van der Waals surface area (Å²) in [5, 5.41) is 11.3. The fourth-order valence-corrected chi connectivity index (χ4v) is 2.37. The van der Waals surface area contributed by atoms with Crippen LogP contribution in [0.3, 0.4) is 0 Å². The molecule has 0 heterocycles. The maximum atomic E-state index is 12.1. The third kappa shape index (κ3) is 3.68. The van der Waals surface area contributed by atoms with E-state index in [2.05, 4.69) is 5.32 Å². The largest absolute Gasteiger partial charge is 0.322 e. The number of sulfone groups is 1. The highest BCUT2D eigenvalue weighted by Gasteiger charge is 2.11. The highest BCUT2D eigenvalue weighted by molar-refractivity contribution is 7.90.